The highest BCUT2D eigenvalue weighted by molar-refractivity contribution is 6.30. The van der Waals surface area contributed by atoms with Crippen LogP contribution in [0.25, 0.3) is 5.69 Å². The van der Waals surface area contributed by atoms with Gasteiger partial charge in [0.1, 0.15) is 6.10 Å². The minimum absolute atomic E-state index is 0.0575. The number of aliphatic hydroxyl groups is 1. The zero-order valence-corrected chi connectivity index (χ0v) is 18.8. The van der Waals surface area contributed by atoms with Crippen molar-refractivity contribution in [2.45, 2.75) is 76.9 Å². The van der Waals surface area contributed by atoms with Crippen LogP contribution in [-0.4, -0.2) is 38.4 Å². The maximum Gasteiger partial charge on any atom is 0.339 e. The topological polar surface area (TPSA) is 88.8 Å². The van der Waals surface area contributed by atoms with Gasteiger partial charge in [0.25, 0.3) is 0 Å². The monoisotopic (exact) mass is 447 g/mol. The van der Waals surface area contributed by atoms with Crippen LogP contribution in [0.15, 0.2) is 30.6 Å². The lowest BCUT2D eigenvalue weighted by Gasteiger charge is -2.14. The predicted octanol–water partition coefficient (Wildman–Crippen LogP) is 4.76. The number of ether oxygens (including phenoxy) is 1. The summed E-state index contributed by atoms with van der Waals surface area (Å²) >= 11 is 6.24. The van der Waals surface area contributed by atoms with E-state index in [4.69, 9.17) is 21.4 Å². The smallest absolute Gasteiger partial charge is 0.339 e. The molecule has 1 fully saturated rings. The van der Waals surface area contributed by atoms with Gasteiger partial charge in [-0.1, -0.05) is 30.5 Å². The Hall–Kier alpha value is -2.31. The minimum Gasteiger partial charge on any atom is -0.481 e. The average molecular weight is 448 g/mol. The number of benzene rings is 1. The summed E-state index contributed by atoms with van der Waals surface area (Å²) in [4.78, 5) is 22.6. The van der Waals surface area contributed by atoms with Crippen LogP contribution in [-0.2, 0) is 20.7 Å². The quantitative estimate of drug-likeness (QED) is 0.405. The molecule has 0 bridgehead atoms. The number of hydrogen-bond donors (Lipinski definition) is 2. The number of carbonyl (C=O) groups excluding carboxylic acids is 1. The first kappa shape index (κ1) is 23.4. The molecule has 1 aromatic carbocycles. The fourth-order valence-corrected chi connectivity index (χ4v) is 4.31. The van der Waals surface area contributed by atoms with Gasteiger partial charge in [0, 0.05) is 29.5 Å². The number of carboxylic acids is 1. The van der Waals surface area contributed by atoms with Crippen LogP contribution in [0, 0.1) is 13.8 Å². The first-order valence-corrected chi connectivity index (χ1v) is 11.1. The van der Waals surface area contributed by atoms with E-state index >= 15 is 0 Å². The number of cyclic esters (lactones) is 1. The second kappa shape index (κ2) is 9.88. The molecule has 2 aromatic rings. The molecule has 7 heteroatoms. The Bertz CT molecular complexity index is 934. The van der Waals surface area contributed by atoms with E-state index < -0.39 is 30.1 Å². The Labute approximate surface area is 187 Å². The van der Waals surface area contributed by atoms with Gasteiger partial charge in [-0.25, -0.2) is 4.79 Å². The van der Waals surface area contributed by atoms with Gasteiger partial charge in [-0.05, 0) is 68.4 Å². The standard InChI is InChI=1S/C24H30ClNO5/c1-16-14-26(15-17(16)2)21-11-19(25)10-9-18(21)7-5-3-4-6-8-20-12-24(30,13-22(27)28)23(29)31-20/h9-11,14-15,20,30H,3-8,12-13H2,1-2H3,(H,27,28)/t20-,24+/m0/s1. The number of unbranched alkanes of at least 4 members (excludes halogenated alkanes) is 3. The highest BCUT2D eigenvalue weighted by Crippen LogP contribution is 2.31. The van der Waals surface area contributed by atoms with Crippen molar-refractivity contribution in [2.24, 2.45) is 0 Å². The molecule has 1 saturated heterocycles. The zero-order chi connectivity index (χ0) is 22.6. The third kappa shape index (κ3) is 5.89. The SMILES string of the molecule is Cc1cn(-c2cc(Cl)ccc2CCCCCC[C@H]2C[C@@](O)(CC(=O)O)C(=O)O2)cc1C. The molecule has 0 aliphatic carbocycles. The average Bonchev–Trinajstić information content (AvgIpc) is 3.16. The van der Waals surface area contributed by atoms with Gasteiger partial charge in [-0.2, -0.15) is 0 Å². The van der Waals surface area contributed by atoms with Crippen molar-refractivity contribution in [2.75, 3.05) is 0 Å². The van der Waals surface area contributed by atoms with E-state index in [1.807, 2.05) is 12.1 Å². The molecule has 6 nitrogen and oxygen atoms in total. The summed E-state index contributed by atoms with van der Waals surface area (Å²) < 4.78 is 7.31. The van der Waals surface area contributed by atoms with Crippen LogP contribution in [0.5, 0.6) is 0 Å². The van der Waals surface area contributed by atoms with E-state index in [1.165, 1.54) is 16.7 Å². The van der Waals surface area contributed by atoms with Crippen LogP contribution in [0.4, 0.5) is 0 Å². The molecule has 1 aromatic heterocycles. The number of rotatable bonds is 10. The molecule has 2 atom stereocenters. The van der Waals surface area contributed by atoms with Crippen LogP contribution < -0.4 is 0 Å². The van der Waals surface area contributed by atoms with E-state index in [0.717, 1.165) is 42.8 Å². The lowest BCUT2D eigenvalue weighted by molar-refractivity contribution is -0.160. The Kier molecular flexibility index (Phi) is 7.44. The van der Waals surface area contributed by atoms with Gasteiger partial charge in [-0.15, -0.1) is 0 Å². The molecule has 0 amide bonds. The molecule has 0 saturated carbocycles. The summed E-state index contributed by atoms with van der Waals surface area (Å²) in [6, 6.07) is 6.02. The zero-order valence-electron chi connectivity index (χ0n) is 18.1. The Morgan fingerprint density at radius 2 is 1.87 bits per heavy atom. The number of nitrogens with zero attached hydrogens (tertiary/aromatic N) is 1. The summed E-state index contributed by atoms with van der Waals surface area (Å²) in [5.74, 6) is -2.02. The summed E-state index contributed by atoms with van der Waals surface area (Å²) in [7, 11) is 0. The second-order valence-electron chi connectivity index (χ2n) is 8.59. The summed E-state index contributed by atoms with van der Waals surface area (Å²) in [5.41, 5.74) is 2.97. The number of aromatic nitrogens is 1. The molecule has 0 radical (unpaired) electrons. The molecule has 3 rings (SSSR count). The molecule has 1 aliphatic rings. The van der Waals surface area contributed by atoms with Crippen molar-refractivity contribution in [1.29, 1.82) is 0 Å². The Morgan fingerprint density at radius 3 is 2.55 bits per heavy atom. The van der Waals surface area contributed by atoms with Crippen molar-refractivity contribution < 1.29 is 24.5 Å². The second-order valence-corrected chi connectivity index (χ2v) is 9.03. The Balaban J connectivity index is 1.45. The maximum absolute atomic E-state index is 11.8. The number of carboxylic acid groups (broad SMARTS) is 1. The van der Waals surface area contributed by atoms with E-state index in [2.05, 4.69) is 36.9 Å². The summed E-state index contributed by atoms with van der Waals surface area (Å²) in [6.45, 7) is 4.19. The van der Waals surface area contributed by atoms with Crippen molar-refractivity contribution in [3.63, 3.8) is 0 Å². The molecule has 168 valence electrons. The normalized spacial score (nSPS) is 20.8. The fourth-order valence-electron chi connectivity index (χ4n) is 4.15. The van der Waals surface area contributed by atoms with Gasteiger partial charge in [0.2, 0.25) is 0 Å². The molecule has 2 heterocycles. The maximum atomic E-state index is 11.8. The number of aryl methyl sites for hydroxylation is 3. The predicted molar refractivity (Wildman–Crippen MR) is 119 cm³/mol. The highest BCUT2D eigenvalue weighted by Gasteiger charge is 2.48. The van der Waals surface area contributed by atoms with Gasteiger partial charge < -0.3 is 19.5 Å². The molecular weight excluding hydrogens is 418 g/mol. The molecule has 0 spiro atoms. The van der Waals surface area contributed by atoms with Crippen molar-refractivity contribution >= 4 is 23.5 Å². The fraction of sp³-hybridized carbons (Fsp3) is 0.500. The molecular formula is C24H30ClNO5. The van der Waals surface area contributed by atoms with Gasteiger partial charge in [-0.3, -0.25) is 4.79 Å². The molecule has 0 unspecified atom stereocenters. The number of aliphatic carboxylic acids is 1. The Morgan fingerprint density at radius 1 is 1.19 bits per heavy atom. The van der Waals surface area contributed by atoms with Crippen LogP contribution in [0.1, 0.15) is 61.6 Å². The third-order valence-corrected chi connectivity index (χ3v) is 6.23. The number of halogens is 1. The highest BCUT2D eigenvalue weighted by atomic mass is 35.5. The molecule has 31 heavy (non-hydrogen) atoms. The number of carbonyl (C=O) groups is 2. The van der Waals surface area contributed by atoms with Gasteiger partial charge >= 0.3 is 11.9 Å². The first-order valence-electron chi connectivity index (χ1n) is 10.8. The van der Waals surface area contributed by atoms with Crippen LogP contribution >= 0.6 is 11.6 Å². The van der Waals surface area contributed by atoms with E-state index in [9.17, 15) is 14.7 Å². The number of hydrogen-bond acceptors (Lipinski definition) is 4. The number of esters is 1. The minimum atomic E-state index is -1.88. The van der Waals surface area contributed by atoms with Crippen molar-refractivity contribution in [3.8, 4) is 5.69 Å². The van der Waals surface area contributed by atoms with Crippen molar-refractivity contribution in [1.82, 2.24) is 4.57 Å². The van der Waals surface area contributed by atoms with Gasteiger partial charge in [0.15, 0.2) is 5.60 Å². The third-order valence-electron chi connectivity index (χ3n) is 6.00. The molecule has 2 N–H and O–H groups in total. The van der Waals surface area contributed by atoms with E-state index in [0.29, 0.717) is 6.42 Å². The lowest BCUT2D eigenvalue weighted by atomic mass is 9.93. The summed E-state index contributed by atoms with van der Waals surface area (Å²) in [6.07, 6.45) is 8.79. The van der Waals surface area contributed by atoms with E-state index in [-0.39, 0.29) is 6.42 Å². The van der Waals surface area contributed by atoms with Crippen molar-refractivity contribution in [3.05, 3.63) is 52.3 Å². The molecule has 1 aliphatic heterocycles. The van der Waals surface area contributed by atoms with Crippen LogP contribution in [0.2, 0.25) is 5.02 Å². The van der Waals surface area contributed by atoms with Gasteiger partial charge in [0.05, 0.1) is 6.42 Å². The first-order chi connectivity index (χ1) is 14.7. The largest absolute Gasteiger partial charge is 0.481 e. The lowest BCUT2D eigenvalue weighted by Crippen LogP contribution is -2.36. The summed E-state index contributed by atoms with van der Waals surface area (Å²) in [5, 5.41) is 19.7. The van der Waals surface area contributed by atoms with Crippen LogP contribution in [0.3, 0.4) is 0 Å². The van der Waals surface area contributed by atoms with E-state index in [1.54, 1.807) is 0 Å².